The molecule has 1 aromatic heterocycles. The molecule has 3 rings (SSSR count). The van der Waals surface area contributed by atoms with Gasteiger partial charge in [0.15, 0.2) is 0 Å². The largest absolute Gasteiger partial charge is 0.339 e. The summed E-state index contributed by atoms with van der Waals surface area (Å²) in [5, 5.41) is 3.95. The summed E-state index contributed by atoms with van der Waals surface area (Å²) in [4.78, 5) is 19.1. The van der Waals surface area contributed by atoms with E-state index >= 15 is 0 Å². The average Bonchev–Trinajstić information content (AvgIpc) is 2.60. The van der Waals surface area contributed by atoms with Crippen molar-refractivity contribution in [1.29, 1.82) is 0 Å². The van der Waals surface area contributed by atoms with Crippen molar-refractivity contribution in [2.24, 2.45) is 0 Å². The molecular weight excluding hydrogens is 310 g/mol. The quantitative estimate of drug-likeness (QED) is 0.907. The van der Waals surface area contributed by atoms with Crippen LogP contribution in [0, 0.1) is 6.92 Å². The second kappa shape index (κ2) is 7.01. The van der Waals surface area contributed by atoms with Crippen molar-refractivity contribution in [2.75, 3.05) is 18.4 Å². The fraction of sp³-hybridized carbons (Fsp3) is 0.333. The third-order valence-corrected chi connectivity index (χ3v) is 4.61. The normalized spacial score (nSPS) is 14.6. The van der Waals surface area contributed by atoms with Gasteiger partial charge in [0.1, 0.15) is 5.82 Å². The molecule has 0 unspecified atom stereocenters. The first-order chi connectivity index (χ1) is 11.2. The fourth-order valence-electron chi connectivity index (χ4n) is 2.82. The summed E-state index contributed by atoms with van der Waals surface area (Å²) < 4.78 is 0. The minimum Gasteiger partial charge on any atom is -0.339 e. The van der Waals surface area contributed by atoms with Gasteiger partial charge in [-0.05, 0) is 56.0 Å². The lowest BCUT2D eigenvalue weighted by Gasteiger charge is -2.27. The Morgan fingerprint density at radius 2 is 1.96 bits per heavy atom. The predicted molar refractivity (Wildman–Crippen MR) is 93.5 cm³/mol. The molecule has 2 heterocycles. The molecule has 1 aliphatic heterocycles. The van der Waals surface area contributed by atoms with Gasteiger partial charge in [0.25, 0.3) is 5.91 Å². The third kappa shape index (κ3) is 3.48. The van der Waals surface area contributed by atoms with Crippen LogP contribution in [0.15, 0.2) is 36.5 Å². The Bertz CT molecular complexity index is 711. The summed E-state index contributed by atoms with van der Waals surface area (Å²) in [6, 6.07) is 9.29. The van der Waals surface area contributed by atoms with Crippen LogP contribution in [-0.2, 0) is 0 Å². The molecule has 0 atom stereocenters. The van der Waals surface area contributed by atoms with Crippen molar-refractivity contribution < 1.29 is 4.79 Å². The van der Waals surface area contributed by atoms with E-state index in [2.05, 4.69) is 10.3 Å². The molecule has 1 saturated heterocycles. The van der Waals surface area contributed by atoms with Gasteiger partial charge in [-0.1, -0.05) is 17.7 Å². The van der Waals surface area contributed by atoms with E-state index in [4.69, 9.17) is 11.6 Å². The number of rotatable bonds is 3. The van der Waals surface area contributed by atoms with Crippen LogP contribution < -0.4 is 5.32 Å². The van der Waals surface area contributed by atoms with E-state index in [-0.39, 0.29) is 5.91 Å². The van der Waals surface area contributed by atoms with E-state index in [0.29, 0.717) is 16.4 Å². The van der Waals surface area contributed by atoms with Crippen molar-refractivity contribution in [3.63, 3.8) is 0 Å². The number of benzene rings is 1. The number of carbonyl (C=O) groups excluding carboxylic acids is 1. The molecule has 1 aliphatic rings. The van der Waals surface area contributed by atoms with Crippen LogP contribution >= 0.6 is 11.6 Å². The van der Waals surface area contributed by atoms with Crippen LogP contribution in [-0.4, -0.2) is 28.9 Å². The Kier molecular flexibility index (Phi) is 4.82. The molecule has 0 bridgehead atoms. The maximum atomic E-state index is 12.8. The molecule has 0 radical (unpaired) electrons. The summed E-state index contributed by atoms with van der Waals surface area (Å²) in [6.45, 7) is 3.59. The van der Waals surface area contributed by atoms with Crippen LogP contribution in [0.3, 0.4) is 0 Å². The Hall–Kier alpha value is -2.07. The van der Waals surface area contributed by atoms with E-state index in [1.54, 1.807) is 12.3 Å². The second-order valence-corrected chi connectivity index (χ2v) is 6.20. The lowest BCUT2D eigenvalue weighted by Crippen LogP contribution is -2.36. The number of anilines is 2. The number of piperidine rings is 1. The fourth-order valence-corrected chi connectivity index (χ4v) is 2.99. The molecule has 1 aromatic carbocycles. The highest BCUT2D eigenvalue weighted by atomic mass is 35.5. The van der Waals surface area contributed by atoms with Gasteiger partial charge in [0.2, 0.25) is 0 Å². The first-order valence-corrected chi connectivity index (χ1v) is 8.31. The number of aromatic nitrogens is 1. The van der Waals surface area contributed by atoms with Crippen LogP contribution in [0.1, 0.15) is 35.2 Å². The smallest absolute Gasteiger partial charge is 0.257 e. The average molecular weight is 330 g/mol. The van der Waals surface area contributed by atoms with Crippen molar-refractivity contribution >= 4 is 29.0 Å². The number of hydrogen-bond donors (Lipinski definition) is 1. The maximum Gasteiger partial charge on any atom is 0.257 e. The Morgan fingerprint density at radius 1 is 1.17 bits per heavy atom. The minimum atomic E-state index is 0.0416. The second-order valence-electron chi connectivity index (χ2n) is 5.79. The van der Waals surface area contributed by atoms with E-state index < -0.39 is 0 Å². The summed E-state index contributed by atoms with van der Waals surface area (Å²) in [7, 11) is 0. The number of amides is 1. The van der Waals surface area contributed by atoms with E-state index in [1.807, 2.05) is 36.1 Å². The number of pyridine rings is 1. The monoisotopic (exact) mass is 329 g/mol. The summed E-state index contributed by atoms with van der Waals surface area (Å²) in [6.07, 6.45) is 5.03. The van der Waals surface area contributed by atoms with Crippen LogP contribution in [0.25, 0.3) is 0 Å². The molecule has 0 aliphatic carbocycles. The maximum absolute atomic E-state index is 12.8. The first-order valence-electron chi connectivity index (χ1n) is 7.93. The molecule has 0 spiro atoms. The van der Waals surface area contributed by atoms with Crippen LogP contribution in [0.4, 0.5) is 11.5 Å². The van der Waals surface area contributed by atoms with Gasteiger partial charge in [0.05, 0.1) is 5.56 Å². The Balaban J connectivity index is 1.88. The topological polar surface area (TPSA) is 45.2 Å². The van der Waals surface area contributed by atoms with Crippen molar-refractivity contribution in [3.05, 3.63) is 52.7 Å². The standard InChI is InChI=1S/C18H20ClN3O/c1-13-15(19)8-5-9-16(13)21-17-14(7-6-10-20-17)18(23)22-11-3-2-4-12-22/h5-10H,2-4,11-12H2,1H3,(H,20,21). The molecule has 1 fully saturated rings. The first kappa shape index (κ1) is 15.8. The minimum absolute atomic E-state index is 0.0416. The van der Waals surface area contributed by atoms with Crippen molar-refractivity contribution in [3.8, 4) is 0 Å². The van der Waals surface area contributed by atoms with Gasteiger partial charge in [-0.3, -0.25) is 4.79 Å². The zero-order valence-corrected chi connectivity index (χ0v) is 13.9. The number of nitrogens with zero attached hydrogens (tertiary/aromatic N) is 2. The summed E-state index contributed by atoms with van der Waals surface area (Å²) in [5.41, 5.74) is 2.41. The van der Waals surface area contributed by atoms with Crippen molar-refractivity contribution in [1.82, 2.24) is 9.88 Å². The molecule has 23 heavy (non-hydrogen) atoms. The molecule has 120 valence electrons. The van der Waals surface area contributed by atoms with Gasteiger partial charge < -0.3 is 10.2 Å². The molecule has 1 N–H and O–H groups in total. The van der Waals surface area contributed by atoms with E-state index in [1.165, 1.54) is 6.42 Å². The van der Waals surface area contributed by atoms with Crippen molar-refractivity contribution in [2.45, 2.75) is 26.2 Å². The predicted octanol–water partition coefficient (Wildman–Crippen LogP) is 4.41. The molecule has 1 amide bonds. The van der Waals surface area contributed by atoms with Crippen LogP contribution in [0.5, 0.6) is 0 Å². The number of carbonyl (C=O) groups is 1. The van der Waals surface area contributed by atoms with Gasteiger partial charge in [-0.2, -0.15) is 0 Å². The van der Waals surface area contributed by atoms with Gasteiger partial charge in [-0.25, -0.2) is 4.98 Å². The lowest BCUT2D eigenvalue weighted by molar-refractivity contribution is 0.0725. The van der Waals surface area contributed by atoms with Gasteiger partial charge >= 0.3 is 0 Å². The highest BCUT2D eigenvalue weighted by Gasteiger charge is 2.21. The lowest BCUT2D eigenvalue weighted by atomic mass is 10.1. The highest BCUT2D eigenvalue weighted by Crippen LogP contribution is 2.27. The number of hydrogen-bond acceptors (Lipinski definition) is 3. The summed E-state index contributed by atoms with van der Waals surface area (Å²) >= 11 is 6.17. The Labute approximate surface area is 141 Å². The molecular formula is C18H20ClN3O. The van der Waals surface area contributed by atoms with E-state index in [0.717, 1.165) is 37.2 Å². The Morgan fingerprint density at radius 3 is 2.74 bits per heavy atom. The molecule has 2 aromatic rings. The van der Waals surface area contributed by atoms with Crippen LogP contribution in [0.2, 0.25) is 5.02 Å². The molecule has 4 nitrogen and oxygen atoms in total. The molecule has 0 saturated carbocycles. The number of nitrogens with one attached hydrogen (secondary N) is 1. The third-order valence-electron chi connectivity index (χ3n) is 4.20. The number of halogens is 1. The number of likely N-dealkylation sites (tertiary alicyclic amines) is 1. The van der Waals surface area contributed by atoms with E-state index in [9.17, 15) is 4.79 Å². The van der Waals surface area contributed by atoms with Gasteiger partial charge in [-0.15, -0.1) is 0 Å². The molecule has 5 heteroatoms. The zero-order chi connectivity index (χ0) is 16.2. The SMILES string of the molecule is Cc1c(Cl)cccc1Nc1ncccc1C(=O)N1CCCCC1. The van der Waals surface area contributed by atoms with Gasteiger partial charge in [0, 0.05) is 30.0 Å². The zero-order valence-electron chi connectivity index (χ0n) is 13.2. The summed E-state index contributed by atoms with van der Waals surface area (Å²) in [5.74, 6) is 0.619. The highest BCUT2D eigenvalue weighted by molar-refractivity contribution is 6.31.